The number of aromatic nitrogens is 7. The van der Waals surface area contributed by atoms with E-state index in [1.807, 2.05) is 19.3 Å². The van der Waals surface area contributed by atoms with Gasteiger partial charge in [0.2, 0.25) is 5.95 Å². The van der Waals surface area contributed by atoms with E-state index in [1.54, 1.807) is 12.4 Å². The number of hydrogen-bond acceptors (Lipinski definition) is 9. The molecule has 10 nitrogen and oxygen atoms in total. The monoisotopic (exact) mass is 446 g/mol. The van der Waals surface area contributed by atoms with Crippen molar-refractivity contribution in [2.75, 3.05) is 40.9 Å². The molecule has 172 valence electrons. The third-order valence-corrected chi connectivity index (χ3v) is 7.25. The second-order valence-electron chi connectivity index (χ2n) is 9.13. The first-order valence-electron chi connectivity index (χ1n) is 12.1. The average molecular weight is 447 g/mol. The van der Waals surface area contributed by atoms with Gasteiger partial charge < -0.3 is 14.7 Å². The van der Waals surface area contributed by atoms with Crippen LogP contribution in [0.25, 0.3) is 5.69 Å². The first-order chi connectivity index (χ1) is 16.2. The Bertz CT molecular complexity index is 1120. The van der Waals surface area contributed by atoms with Gasteiger partial charge in [0.15, 0.2) is 11.6 Å². The Balaban J connectivity index is 1.33. The summed E-state index contributed by atoms with van der Waals surface area (Å²) in [4.78, 5) is 25.8. The van der Waals surface area contributed by atoms with Crippen molar-refractivity contribution in [3.05, 3.63) is 36.4 Å². The lowest BCUT2D eigenvalue weighted by Crippen LogP contribution is -2.48. The van der Waals surface area contributed by atoms with Gasteiger partial charge in [-0.1, -0.05) is 19.8 Å². The van der Waals surface area contributed by atoms with E-state index in [9.17, 15) is 0 Å². The molecule has 0 aromatic carbocycles. The molecule has 0 bridgehead atoms. The van der Waals surface area contributed by atoms with Gasteiger partial charge in [0.05, 0.1) is 18.4 Å². The molecule has 5 heterocycles. The molecule has 10 heteroatoms. The highest BCUT2D eigenvalue weighted by Crippen LogP contribution is 2.43. The van der Waals surface area contributed by atoms with Gasteiger partial charge in [-0.05, 0) is 26.2 Å². The largest absolute Gasteiger partial charge is 0.352 e. The van der Waals surface area contributed by atoms with E-state index >= 15 is 0 Å². The van der Waals surface area contributed by atoms with Gasteiger partial charge >= 0.3 is 0 Å². The number of hydrogen-bond donors (Lipinski definition) is 0. The lowest BCUT2D eigenvalue weighted by atomic mass is 10.0. The predicted octanol–water partition coefficient (Wildman–Crippen LogP) is 2.70. The molecule has 0 radical (unpaired) electrons. The van der Waals surface area contributed by atoms with Crippen LogP contribution in [0.3, 0.4) is 0 Å². The van der Waals surface area contributed by atoms with Crippen molar-refractivity contribution in [3.8, 4) is 5.69 Å². The molecule has 3 aliphatic rings. The average Bonchev–Trinajstić information content (AvgIpc) is 3.54. The Hall–Kier alpha value is -3.30. The SMILES string of the molecule is CCC1c2nnc(C)n2-c2cnc(N3CCN(c4cnccn4)CC3)nc2N1C1CCCC1. The van der Waals surface area contributed by atoms with Crippen LogP contribution in [0.15, 0.2) is 24.8 Å². The summed E-state index contributed by atoms with van der Waals surface area (Å²) in [6.07, 6.45) is 13.2. The molecular formula is C23H30N10. The van der Waals surface area contributed by atoms with Crippen molar-refractivity contribution < 1.29 is 0 Å². The molecule has 0 amide bonds. The van der Waals surface area contributed by atoms with Crippen LogP contribution in [-0.4, -0.2) is 66.9 Å². The predicted molar refractivity (Wildman–Crippen MR) is 126 cm³/mol. The van der Waals surface area contributed by atoms with Gasteiger partial charge in [-0.15, -0.1) is 10.2 Å². The number of anilines is 3. The minimum absolute atomic E-state index is 0.193. The van der Waals surface area contributed by atoms with Crippen LogP contribution < -0.4 is 14.7 Å². The minimum atomic E-state index is 0.193. The number of fused-ring (bicyclic) bond motifs is 3. The van der Waals surface area contributed by atoms with E-state index in [2.05, 4.69) is 46.4 Å². The van der Waals surface area contributed by atoms with Crippen molar-refractivity contribution in [2.24, 2.45) is 0 Å². The Morgan fingerprint density at radius 2 is 1.73 bits per heavy atom. The maximum atomic E-state index is 5.20. The van der Waals surface area contributed by atoms with E-state index in [0.717, 1.165) is 67.5 Å². The van der Waals surface area contributed by atoms with Crippen molar-refractivity contribution in [1.82, 2.24) is 34.7 Å². The molecule has 3 aromatic heterocycles. The van der Waals surface area contributed by atoms with Crippen LogP contribution in [0.4, 0.5) is 17.6 Å². The molecule has 33 heavy (non-hydrogen) atoms. The van der Waals surface area contributed by atoms with Gasteiger partial charge in [-0.3, -0.25) is 9.55 Å². The second-order valence-corrected chi connectivity index (χ2v) is 9.13. The number of nitrogens with zero attached hydrogens (tertiary/aromatic N) is 10. The molecule has 2 aliphatic heterocycles. The van der Waals surface area contributed by atoms with Crippen LogP contribution >= 0.6 is 0 Å². The molecule has 2 fully saturated rings. The zero-order valence-electron chi connectivity index (χ0n) is 19.3. The summed E-state index contributed by atoms with van der Waals surface area (Å²) >= 11 is 0. The maximum Gasteiger partial charge on any atom is 0.227 e. The normalized spacial score (nSPS) is 20.8. The van der Waals surface area contributed by atoms with E-state index in [0.29, 0.717) is 6.04 Å². The van der Waals surface area contributed by atoms with Crippen LogP contribution in [0.5, 0.6) is 0 Å². The van der Waals surface area contributed by atoms with Gasteiger partial charge in [0.1, 0.15) is 17.3 Å². The third-order valence-electron chi connectivity index (χ3n) is 7.25. The standard InChI is InChI=1S/C23H30N10/c1-3-18-22-29-28-16(2)32(22)19-14-26-23(27-21(19)33(18)17-6-4-5-7-17)31-12-10-30(11-13-31)20-15-24-8-9-25-20/h8-9,14-15,17-18H,3-7,10-13H2,1-2H3. The van der Waals surface area contributed by atoms with E-state index < -0.39 is 0 Å². The van der Waals surface area contributed by atoms with Crippen molar-refractivity contribution >= 4 is 17.6 Å². The highest BCUT2D eigenvalue weighted by Gasteiger charge is 2.39. The summed E-state index contributed by atoms with van der Waals surface area (Å²) in [5.74, 6) is 4.68. The molecule has 0 spiro atoms. The summed E-state index contributed by atoms with van der Waals surface area (Å²) in [6.45, 7) is 7.70. The molecule has 1 saturated heterocycles. The van der Waals surface area contributed by atoms with Crippen LogP contribution in [-0.2, 0) is 0 Å². The van der Waals surface area contributed by atoms with Gasteiger partial charge in [0.25, 0.3) is 0 Å². The Kier molecular flexibility index (Phi) is 5.07. The molecule has 0 N–H and O–H groups in total. The molecule has 6 rings (SSSR count). The van der Waals surface area contributed by atoms with E-state index in [4.69, 9.17) is 9.97 Å². The van der Waals surface area contributed by atoms with Crippen molar-refractivity contribution in [2.45, 2.75) is 58.0 Å². The fourth-order valence-electron chi connectivity index (χ4n) is 5.60. The van der Waals surface area contributed by atoms with E-state index in [1.165, 1.54) is 25.7 Å². The Morgan fingerprint density at radius 3 is 2.45 bits per heavy atom. The number of aryl methyl sites for hydroxylation is 1. The highest BCUT2D eigenvalue weighted by molar-refractivity contribution is 5.64. The quantitative estimate of drug-likeness (QED) is 0.600. The fraction of sp³-hybridized carbons (Fsp3) is 0.565. The molecule has 1 unspecified atom stereocenters. The lowest BCUT2D eigenvalue weighted by Gasteiger charge is -2.42. The Morgan fingerprint density at radius 1 is 0.939 bits per heavy atom. The van der Waals surface area contributed by atoms with Gasteiger partial charge in [-0.25, -0.2) is 9.97 Å². The molecular weight excluding hydrogens is 416 g/mol. The topological polar surface area (TPSA) is 92.0 Å². The van der Waals surface area contributed by atoms with Crippen LogP contribution in [0.2, 0.25) is 0 Å². The first kappa shape index (κ1) is 20.3. The zero-order valence-corrected chi connectivity index (χ0v) is 19.3. The molecule has 1 aliphatic carbocycles. The molecule has 3 aromatic rings. The summed E-state index contributed by atoms with van der Waals surface area (Å²) in [5, 5.41) is 8.98. The smallest absolute Gasteiger partial charge is 0.227 e. The maximum absolute atomic E-state index is 5.20. The Labute approximate surface area is 193 Å². The van der Waals surface area contributed by atoms with Gasteiger partial charge in [-0.2, -0.15) is 4.98 Å². The summed E-state index contributed by atoms with van der Waals surface area (Å²) in [5.41, 5.74) is 1.01. The van der Waals surface area contributed by atoms with E-state index in [-0.39, 0.29) is 6.04 Å². The minimum Gasteiger partial charge on any atom is -0.352 e. The van der Waals surface area contributed by atoms with Gasteiger partial charge in [0, 0.05) is 44.6 Å². The molecule has 1 atom stereocenters. The van der Waals surface area contributed by atoms with Crippen LogP contribution in [0.1, 0.15) is 56.7 Å². The summed E-state index contributed by atoms with van der Waals surface area (Å²) < 4.78 is 2.16. The number of rotatable bonds is 4. The second kappa shape index (κ2) is 8.24. The lowest BCUT2D eigenvalue weighted by molar-refractivity contribution is 0.467. The summed E-state index contributed by atoms with van der Waals surface area (Å²) in [7, 11) is 0. The zero-order chi connectivity index (χ0) is 22.4. The number of piperazine rings is 1. The molecule has 1 saturated carbocycles. The summed E-state index contributed by atoms with van der Waals surface area (Å²) in [6, 6.07) is 0.689. The van der Waals surface area contributed by atoms with Crippen LogP contribution in [0, 0.1) is 6.92 Å². The fourth-order valence-corrected chi connectivity index (χ4v) is 5.60. The third kappa shape index (κ3) is 3.39. The highest BCUT2D eigenvalue weighted by atomic mass is 15.4. The van der Waals surface area contributed by atoms with Crippen molar-refractivity contribution in [1.29, 1.82) is 0 Å². The first-order valence-corrected chi connectivity index (χ1v) is 12.1. The van der Waals surface area contributed by atoms with Crippen molar-refractivity contribution in [3.63, 3.8) is 0 Å².